The summed E-state index contributed by atoms with van der Waals surface area (Å²) in [4.78, 5) is 125. The van der Waals surface area contributed by atoms with Gasteiger partial charge in [0.25, 0.3) is 0 Å². The van der Waals surface area contributed by atoms with Crippen LogP contribution in [-0.2, 0) is 67.9 Å². The average molecular weight is 1570 g/mol. The van der Waals surface area contributed by atoms with E-state index in [4.69, 9.17) is 51.6 Å². The first-order valence-electron chi connectivity index (χ1n) is 37.9. The minimum Gasteiger partial charge on any atom is -0.494 e. The quantitative estimate of drug-likeness (QED) is 0.0777. The Morgan fingerprint density at radius 1 is 0.546 bits per heavy atom. The van der Waals surface area contributed by atoms with E-state index in [0.717, 1.165) is 12.8 Å². The second-order valence-corrected chi connectivity index (χ2v) is 38.4. The summed E-state index contributed by atoms with van der Waals surface area (Å²) in [5.41, 5.74) is -4.04. The van der Waals surface area contributed by atoms with Crippen LogP contribution in [0.5, 0.6) is 23.3 Å². The van der Waals surface area contributed by atoms with Crippen LogP contribution in [0.3, 0.4) is 0 Å². The van der Waals surface area contributed by atoms with E-state index in [1.807, 2.05) is 38.2 Å². The highest BCUT2D eigenvalue weighted by molar-refractivity contribution is 7.91. The highest BCUT2D eigenvalue weighted by atomic mass is 35.5. The molecule has 4 amide bonds. The normalized spacial score (nSPS) is 30.0. The van der Waals surface area contributed by atoms with E-state index < -0.39 is 112 Å². The number of rotatable bonds is 16. The van der Waals surface area contributed by atoms with Crippen LogP contribution in [0.25, 0.3) is 21.5 Å². The van der Waals surface area contributed by atoms with Crippen LogP contribution in [0.4, 0.5) is 0 Å². The second-order valence-electron chi connectivity index (χ2n) is 33.6. The Kier molecular flexibility index (Phi) is 24.5. The molecule has 24 nitrogen and oxygen atoms in total. The number of carbonyl (C=O) groups is 8. The molecule has 4 saturated carbocycles. The smallest absolute Gasteiger partial charge is 0.307 e. The van der Waals surface area contributed by atoms with E-state index in [2.05, 4.69) is 33.3 Å². The molecule has 588 valence electrons. The molecule has 0 spiro atoms. The van der Waals surface area contributed by atoms with Crippen LogP contribution < -0.4 is 28.4 Å². The van der Waals surface area contributed by atoms with Crippen molar-refractivity contribution >= 4 is 112 Å². The summed E-state index contributed by atoms with van der Waals surface area (Å²) in [6.45, 7) is 18.8. The summed E-state index contributed by atoms with van der Waals surface area (Å²) in [5.74, 6) is -4.56. The average Bonchev–Trinajstić information content (AvgIpc) is 1.58. The van der Waals surface area contributed by atoms with E-state index in [9.17, 15) is 55.2 Å². The van der Waals surface area contributed by atoms with Gasteiger partial charge in [-0.05, 0) is 190 Å². The van der Waals surface area contributed by atoms with Gasteiger partial charge in [0.15, 0.2) is 11.6 Å². The van der Waals surface area contributed by atoms with Gasteiger partial charge in [0.2, 0.25) is 55.4 Å². The maximum absolute atomic E-state index is 14.8. The van der Waals surface area contributed by atoms with Crippen LogP contribution in [0, 0.1) is 58.2 Å². The number of nitrogens with one attached hydrogen (secondary N) is 2. The lowest BCUT2D eigenvalue weighted by atomic mass is 9.82. The van der Waals surface area contributed by atoms with Gasteiger partial charge in [-0.2, -0.15) is 0 Å². The molecule has 0 radical (unpaired) electrons. The number of ether oxygens (including phenoxy) is 6. The van der Waals surface area contributed by atoms with Crippen LogP contribution in [0.1, 0.15) is 185 Å². The summed E-state index contributed by atoms with van der Waals surface area (Å²) in [5, 5.41) is 2.33. The van der Waals surface area contributed by atoms with E-state index >= 15 is 0 Å². The summed E-state index contributed by atoms with van der Waals surface area (Å²) in [6.07, 6.45) is 15.9. The zero-order valence-corrected chi connectivity index (χ0v) is 67.0. The van der Waals surface area contributed by atoms with Crippen LogP contribution in [0.15, 0.2) is 73.1 Å². The van der Waals surface area contributed by atoms with Gasteiger partial charge in [-0.1, -0.05) is 75.2 Å². The van der Waals surface area contributed by atoms with Crippen molar-refractivity contribution in [3.8, 4) is 23.3 Å². The monoisotopic (exact) mass is 1570 g/mol. The fourth-order valence-electron chi connectivity index (χ4n) is 16.3. The van der Waals surface area contributed by atoms with E-state index in [1.165, 1.54) is 36.4 Å². The number of aromatic nitrogens is 2. The van der Waals surface area contributed by atoms with Crippen molar-refractivity contribution in [2.75, 3.05) is 27.3 Å². The van der Waals surface area contributed by atoms with Crippen LogP contribution >= 0.6 is 23.2 Å². The number of hydrogen-bond acceptors (Lipinski definition) is 20. The third-order valence-corrected chi connectivity index (χ3v) is 26.6. The number of allylic oxidation sites excluding steroid dienone is 4. The molecule has 2 aromatic heterocycles. The Bertz CT molecular complexity index is 4160. The Hall–Kier alpha value is -7.42. The predicted molar refractivity (Wildman–Crippen MR) is 407 cm³/mol. The molecule has 4 aromatic rings. The first kappa shape index (κ1) is 81.6. The SMILES string of the molecule is COc1cnc(O[C@@H]2C[C@H]3C(=O)C[C@]4(C(=O)NS(=O)(=O)C5CC5)C[C@H]4/C=C\CC[C@@H](C)C[C@@H](C)[C@H](CC(=O)OC(C)(C)C)C(=O)N3C2)c2cc(Cl)ccc12.COc1cnc(O[C@@H]2C[C@H]3C(=O)C[C@]4(C(=O)NS(=O)(=O)C5CC5)C[C@H]4/C=C\CC[C@H](C)C[C@@H](C)[C@H](CC(=O)OC(C)(C)C)C(=O)N3C2)c2cc(Cl)ccc12. The topological polar surface area (TPSA) is 317 Å². The number of carbonyl (C=O) groups excluding carboxylic acids is 8. The molecule has 108 heavy (non-hydrogen) atoms. The van der Waals surface area contributed by atoms with Crippen molar-refractivity contribution in [1.29, 1.82) is 0 Å². The van der Waals surface area contributed by atoms with Crippen LogP contribution in [0.2, 0.25) is 10.0 Å². The fraction of sp³-hybridized carbons (Fsp3) is 0.625. The van der Waals surface area contributed by atoms with Crippen LogP contribution in [-0.4, -0.2) is 157 Å². The number of pyridine rings is 2. The lowest BCUT2D eigenvalue weighted by Gasteiger charge is -2.32. The fourth-order valence-corrected chi connectivity index (χ4v) is 19.4. The lowest BCUT2D eigenvalue weighted by molar-refractivity contribution is -0.160. The zero-order valence-electron chi connectivity index (χ0n) is 63.9. The molecule has 14 atom stereocenters. The van der Waals surface area contributed by atoms with Crippen molar-refractivity contribution in [3.05, 3.63) is 83.1 Å². The number of Topliss-reactive ketones (excluding diaryl/α,β-unsaturated/α-hetero) is 2. The molecule has 8 aliphatic rings. The summed E-state index contributed by atoms with van der Waals surface area (Å²) < 4.78 is 91.5. The Labute approximate surface area is 643 Å². The number of sulfonamides is 2. The molecule has 6 heterocycles. The highest BCUT2D eigenvalue weighted by Gasteiger charge is 2.63. The van der Waals surface area contributed by atoms with Gasteiger partial charge >= 0.3 is 11.9 Å². The van der Waals surface area contributed by atoms with Gasteiger partial charge in [-0.15, -0.1) is 0 Å². The van der Waals surface area contributed by atoms with Crippen molar-refractivity contribution in [2.24, 2.45) is 58.2 Å². The molecule has 0 unspecified atom stereocenters. The minimum absolute atomic E-state index is 0.0245. The Morgan fingerprint density at radius 2 is 0.917 bits per heavy atom. The highest BCUT2D eigenvalue weighted by Crippen LogP contribution is 2.59. The molecular weight excluding hydrogens is 1470 g/mol. The first-order valence-corrected chi connectivity index (χ1v) is 41.8. The molecule has 4 aliphatic heterocycles. The number of nitrogens with zero attached hydrogens (tertiary/aromatic N) is 4. The lowest BCUT2D eigenvalue weighted by Crippen LogP contribution is -2.47. The molecule has 0 bridgehead atoms. The number of fused-ring (bicyclic) bond motifs is 6. The number of benzene rings is 2. The number of amides is 4. The third kappa shape index (κ3) is 19.3. The summed E-state index contributed by atoms with van der Waals surface area (Å²) in [7, 11) is -4.65. The maximum atomic E-state index is 14.8. The largest absolute Gasteiger partial charge is 0.494 e. The standard InChI is InChI=1S/2C40H52ClN3O9S/c2*1-23-9-7-8-10-25-19-40(25,38(48)43-54(49,50)28-12-13-28)20-33(45)32-17-27(52-36-31-16-26(41)11-14-29(31)34(51-6)21-42-36)22-44(32)37(47)30(24(2)15-23)18-35(46)53-39(3,4)5/h2*8,10-11,14,16,21,23-25,27-28,30,32H,7,9,12-13,15,17-20,22H2,1-6H3,(H,43,48)/b2*10-8-/t23-,24+,25+,27+,30-,32-,40+;23-,24-,25-,27-,30+,32+,40-/m01/s1. The van der Waals surface area contributed by atoms with E-state index in [0.29, 0.717) is 107 Å². The number of ketones is 2. The number of hydrogen-bond donors (Lipinski definition) is 2. The van der Waals surface area contributed by atoms with Gasteiger partial charge in [0.1, 0.15) is 34.9 Å². The second kappa shape index (κ2) is 32.5. The molecule has 4 aliphatic carbocycles. The van der Waals surface area contributed by atoms with Gasteiger partial charge in [0.05, 0.1) is 97.8 Å². The van der Waals surface area contributed by atoms with Gasteiger partial charge < -0.3 is 38.2 Å². The molecule has 12 rings (SSSR count). The van der Waals surface area contributed by atoms with Crippen molar-refractivity contribution in [1.82, 2.24) is 29.2 Å². The van der Waals surface area contributed by atoms with Gasteiger partial charge in [0, 0.05) is 57.3 Å². The number of halogens is 2. The van der Waals surface area contributed by atoms with Gasteiger partial charge in [-0.25, -0.2) is 26.8 Å². The molecule has 2 aromatic carbocycles. The molecule has 28 heteroatoms. The van der Waals surface area contributed by atoms with Gasteiger partial charge in [-0.3, -0.25) is 47.8 Å². The van der Waals surface area contributed by atoms with E-state index in [-0.39, 0.29) is 122 Å². The molecular formula is C80H104Cl2N6O18S2. The molecule has 6 fully saturated rings. The Morgan fingerprint density at radius 3 is 1.26 bits per heavy atom. The minimum atomic E-state index is -3.86. The first-order chi connectivity index (χ1) is 50.8. The number of methoxy groups -OCH3 is 2. The molecule has 2 N–H and O–H groups in total. The van der Waals surface area contributed by atoms with E-state index in [1.54, 1.807) is 77.9 Å². The Balaban J connectivity index is 0.000000215. The molecule has 2 saturated heterocycles. The predicted octanol–water partition coefficient (Wildman–Crippen LogP) is 12.4. The third-order valence-electron chi connectivity index (χ3n) is 22.5. The van der Waals surface area contributed by atoms with Crippen molar-refractivity contribution in [2.45, 2.75) is 231 Å². The summed E-state index contributed by atoms with van der Waals surface area (Å²) >= 11 is 12.7. The number of esters is 2. The zero-order chi connectivity index (χ0) is 78.3. The van der Waals surface area contributed by atoms with Crippen molar-refractivity contribution in [3.63, 3.8) is 0 Å². The maximum Gasteiger partial charge on any atom is 0.307 e. The van der Waals surface area contributed by atoms with Crippen molar-refractivity contribution < 1.29 is 83.6 Å². The summed E-state index contributed by atoms with van der Waals surface area (Å²) in [6, 6.07) is 8.49.